The number of H-pyrrole nitrogens is 1. The molecule has 2 fully saturated rings. The first kappa shape index (κ1) is 29.9. The summed E-state index contributed by atoms with van der Waals surface area (Å²) in [5.74, 6) is -0.570. The number of aromatic amines is 1. The van der Waals surface area contributed by atoms with Crippen LogP contribution in [0.25, 0.3) is 11.1 Å². The van der Waals surface area contributed by atoms with Crippen LogP contribution in [0.3, 0.4) is 0 Å². The lowest BCUT2D eigenvalue weighted by Crippen LogP contribution is -2.34. The van der Waals surface area contributed by atoms with E-state index in [0.29, 0.717) is 17.5 Å². The number of benzene rings is 3. The van der Waals surface area contributed by atoms with Gasteiger partial charge in [0.25, 0.3) is 5.56 Å². The minimum absolute atomic E-state index is 0.0879. The molecule has 5 atom stereocenters. The molecular formula is C30H29FN3O9P. The molecule has 3 heterocycles. The summed E-state index contributed by atoms with van der Waals surface area (Å²) >= 11 is 0. The number of phenolic OH excluding ortho intramolecular Hbond substituents is 1. The number of phenols is 1. The number of halogens is 1. The van der Waals surface area contributed by atoms with Crippen molar-refractivity contribution in [3.05, 3.63) is 111 Å². The zero-order chi connectivity index (χ0) is 31.0. The molecule has 3 N–H and O–H groups in total. The number of aromatic nitrogens is 2. The minimum Gasteiger partial charge on any atom is -0.504 e. The standard InChI is InChI=1S/C30H29FN3O9P/c1-33-16-26(20-9-12-23(35)25(13-20)41-21-10-7-19(8-11-21)18-5-3-2-4-6-18)43-44(33,39)40-17-27-24(36)14-28(42-27)34-15-22(31)29(37)32-30(34)38/h2-13,15,24,26-28,35-36H,14,16-17H2,1H3,(H,32,37,38). The molecule has 12 nitrogen and oxygen atoms in total. The summed E-state index contributed by atoms with van der Waals surface area (Å²) < 4.78 is 52.7. The summed E-state index contributed by atoms with van der Waals surface area (Å²) in [6, 6.07) is 22.0. The van der Waals surface area contributed by atoms with E-state index in [9.17, 15) is 28.8 Å². The number of aliphatic hydroxyl groups excluding tert-OH is 1. The second kappa shape index (κ2) is 12.1. The van der Waals surface area contributed by atoms with Crippen molar-refractivity contribution in [2.24, 2.45) is 0 Å². The van der Waals surface area contributed by atoms with Crippen molar-refractivity contribution >= 4 is 7.75 Å². The Kier molecular flexibility index (Phi) is 8.25. The number of ether oxygens (including phenoxy) is 2. The molecule has 0 saturated carbocycles. The zero-order valence-corrected chi connectivity index (χ0v) is 24.3. The molecule has 2 saturated heterocycles. The Morgan fingerprint density at radius 3 is 2.55 bits per heavy atom. The van der Waals surface area contributed by atoms with Gasteiger partial charge in [-0.05, 0) is 48.0 Å². The van der Waals surface area contributed by atoms with Crippen molar-refractivity contribution in [2.45, 2.75) is 31.0 Å². The molecule has 3 aromatic carbocycles. The van der Waals surface area contributed by atoms with Crippen LogP contribution in [0.4, 0.5) is 4.39 Å². The fourth-order valence-electron chi connectivity index (χ4n) is 5.07. The summed E-state index contributed by atoms with van der Waals surface area (Å²) in [4.78, 5) is 25.3. The number of nitrogens with one attached hydrogen (secondary N) is 1. The van der Waals surface area contributed by atoms with Gasteiger partial charge in [0.1, 0.15) is 24.2 Å². The molecule has 0 bridgehead atoms. The lowest BCUT2D eigenvalue weighted by atomic mass is 10.1. The van der Waals surface area contributed by atoms with E-state index >= 15 is 0 Å². The van der Waals surface area contributed by atoms with Gasteiger partial charge in [0, 0.05) is 13.0 Å². The van der Waals surface area contributed by atoms with Crippen LogP contribution in [0, 0.1) is 5.82 Å². The van der Waals surface area contributed by atoms with Crippen LogP contribution in [-0.4, -0.2) is 56.8 Å². The average molecular weight is 626 g/mol. The lowest BCUT2D eigenvalue weighted by Gasteiger charge is -2.21. The van der Waals surface area contributed by atoms with Crippen LogP contribution in [0.2, 0.25) is 0 Å². The molecule has 1 aromatic heterocycles. The molecule has 44 heavy (non-hydrogen) atoms. The summed E-state index contributed by atoms with van der Waals surface area (Å²) in [7, 11) is -2.28. The second-order valence-corrected chi connectivity index (χ2v) is 12.6. The van der Waals surface area contributed by atoms with Crippen molar-refractivity contribution < 1.29 is 37.7 Å². The molecule has 230 valence electrons. The van der Waals surface area contributed by atoms with Crippen LogP contribution in [0.15, 0.2) is 88.6 Å². The van der Waals surface area contributed by atoms with E-state index < -0.39 is 49.4 Å². The third-order valence-corrected chi connectivity index (χ3v) is 9.49. The Hall–Kier alpha value is -4.10. The summed E-state index contributed by atoms with van der Waals surface area (Å²) in [6.07, 6.45) is -3.29. The van der Waals surface area contributed by atoms with E-state index in [-0.39, 0.29) is 31.1 Å². The van der Waals surface area contributed by atoms with Gasteiger partial charge in [-0.15, -0.1) is 0 Å². The van der Waals surface area contributed by atoms with Gasteiger partial charge >= 0.3 is 13.4 Å². The number of nitrogens with zero attached hydrogens (tertiary/aromatic N) is 2. The molecule has 14 heteroatoms. The molecule has 0 radical (unpaired) electrons. The molecule has 4 aromatic rings. The van der Waals surface area contributed by atoms with E-state index in [1.807, 2.05) is 47.4 Å². The maximum absolute atomic E-state index is 13.7. The first-order valence-electron chi connectivity index (χ1n) is 13.7. The molecule has 0 spiro atoms. The van der Waals surface area contributed by atoms with Crippen molar-refractivity contribution in [2.75, 3.05) is 20.2 Å². The van der Waals surface area contributed by atoms with Crippen molar-refractivity contribution in [1.82, 2.24) is 14.2 Å². The molecular weight excluding hydrogens is 596 g/mol. The topological polar surface area (TPSA) is 153 Å². The van der Waals surface area contributed by atoms with Gasteiger partial charge in [-0.2, -0.15) is 4.39 Å². The van der Waals surface area contributed by atoms with Crippen LogP contribution < -0.4 is 16.0 Å². The molecule has 5 unspecified atom stereocenters. The smallest absolute Gasteiger partial charge is 0.408 e. The highest BCUT2D eigenvalue weighted by atomic mass is 31.2. The SMILES string of the molecule is CN1CC(c2ccc(O)c(Oc3ccc(-c4ccccc4)cc3)c2)OP1(=O)OCC1OC(n2cc(F)c(=O)[nH]c2=O)CC1O. The zero-order valence-electron chi connectivity index (χ0n) is 23.4. The van der Waals surface area contributed by atoms with E-state index in [0.717, 1.165) is 15.7 Å². The van der Waals surface area contributed by atoms with E-state index in [4.69, 9.17) is 18.5 Å². The van der Waals surface area contributed by atoms with Gasteiger partial charge in [0.15, 0.2) is 11.5 Å². The Labute approximate surface area is 250 Å². The maximum atomic E-state index is 13.7. The van der Waals surface area contributed by atoms with Crippen LogP contribution in [-0.2, 0) is 18.3 Å². The second-order valence-electron chi connectivity index (χ2n) is 10.5. The van der Waals surface area contributed by atoms with E-state index in [1.54, 1.807) is 31.3 Å². The highest BCUT2D eigenvalue weighted by Crippen LogP contribution is 2.60. The highest BCUT2D eigenvalue weighted by Gasteiger charge is 2.45. The number of likely N-dealkylation sites (N-methyl/N-ethyl adjacent to an activating group) is 1. The van der Waals surface area contributed by atoms with Crippen molar-refractivity contribution in [3.63, 3.8) is 0 Å². The normalized spacial score (nSPS) is 25.3. The number of hydrogen-bond acceptors (Lipinski definition) is 9. The van der Waals surface area contributed by atoms with Gasteiger partial charge in [0.2, 0.25) is 5.82 Å². The molecule has 2 aliphatic heterocycles. The van der Waals surface area contributed by atoms with Crippen LogP contribution >= 0.6 is 7.75 Å². The maximum Gasteiger partial charge on any atom is 0.408 e. The van der Waals surface area contributed by atoms with Gasteiger partial charge in [-0.25, -0.2) is 14.0 Å². The van der Waals surface area contributed by atoms with Crippen molar-refractivity contribution in [3.8, 4) is 28.4 Å². The molecule has 0 aliphatic carbocycles. The number of hydrogen-bond donors (Lipinski definition) is 3. The Balaban J connectivity index is 1.10. The minimum atomic E-state index is -3.84. The largest absolute Gasteiger partial charge is 0.504 e. The van der Waals surface area contributed by atoms with Gasteiger partial charge in [-0.3, -0.25) is 23.4 Å². The first-order chi connectivity index (χ1) is 21.1. The molecule has 6 rings (SSSR count). The van der Waals surface area contributed by atoms with E-state index in [1.165, 1.54) is 10.7 Å². The van der Waals surface area contributed by atoms with Gasteiger partial charge < -0.3 is 19.7 Å². The fraction of sp³-hybridized carbons (Fsp3) is 0.267. The Morgan fingerprint density at radius 1 is 1.07 bits per heavy atom. The van der Waals surface area contributed by atoms with Gasteiger partial charge in [0.05, 0.1) is 18.9 Å². The fourth-order valence-corrected chi connectivity index (χ4v) is 6.69. The van der Waals surface area contributed by atoms with Gasteiger partial charge in [-0.1, -0.05) is 48.5 Å². The summed E-state index contributed by atoms with van der Waals surface area (Å²) in [6.45, 7) is -0.161. The highest BCUT2D eigenvalue weighted by molar-refractivity contribution is 7.51. The Bertz CT molecular complexity index is 1820. The lowest BCUT2D eigenvalue weighted by molar-refractivity contribution is -0.0444. The quantitative estimate of drug-likeness (QED) is 0.242. The molecule has 2 aliphatic rings. The predicted molar refractivity (Wildman–Crippen MR) is 156 cm³/mol. The number of aliphatic hydroxyl groups is 1. The van der Waals surface area contributed by atoms with E-state index in [2.05, 4.69) is 0 Å². The average Bonchev–Trinajstić information content (AvgIpc) is 3.54. The summed E-state index contributed by atoms with van der Waals surface area (Å²) in [5, 5.41) is 20.9. The first-order valence-corrected chi connectivity index (χ1v) is 15.2. The number of rotatable bonds is 8. The van der Waals surface area contributed by atoms with Crippen LogP contribution in [0.5, 0.6) is 17.2 Å². The Morgan fingerprint density at radius 2 is 1.80 bits per heavy atom. The third kappa shape index (κ3) is 6.11. The third-order valence-electron chi connectivity index (χ3n) is 7.49. The van der Waals surface area contributed by atoms with Crippen molar-refractivity contribution in [1.29, 1.82) is 0 Å². The van der Waals surface area contributed by atoms with Crippen LogP contribution in [0.1, 0.15) is 24.3 Å². The predicted octanol–water partition coefficient (Wildman–Crippen LogP) is 4.32. The molecule has 0 amide bonds. The monoisotopic (exact) mass is 625 g/mol. The number of aromatic hydroxyl groups is 1. The summed E-state index contributed by atoms with van der Waals surface area (Å²) in [5.41, 5.74) is 0.601.